The van der Waals surface area contributed by atoms with Gasteiger partial charge in [0, 0.05) is 0 Å². The van der Waals surface area contributed by atoms with Gasteiger partial charge >= 0.3 is 105 Å². The third-order valence-electron chi connectivity index (χ3n) is 3.65. The maximum atomic E-state index is 2.52. The molecule has 0 aromatic carbocycles. The van der Waals surface area contributed by atoms with Gasteiger partial charge in [0.05, 0.1) is 0 Å². The molecule has 0 aromatic rings. The average molecular weight is 348 g/mol. The first-order chi connectivity index (χ1) is 7.03. The molecule has 2 aliphatic rings. The van der Waals surface area contributed by atoms with Gasteiger partial charge < -0.3 is 24.8 Å². The first-order valence-corrected chi connectivity index (χ1v) is 8.18. The normalized spacial score (nSPS) is 26.5. The zero-order valence-corrected chi connectivity index (χ0v) is 14.7. The first kappa shape index (κ1) is 17.4. The van der Waals surface area contributed by atoms with Crippen LogP contribution in [0, 0.1) is 0 Å². The van der Waals surface area contributed by atoms with Crippen molar-refractivity contribution in [2.75, 3.05) is 0 Å². The molecule has 17 heavy (non-hydrogen) atoms. The number of hydrogen-bond donors (Lipinski definition) is 0. The predicted molar refractivity (Wildman–Crippen MR) is 62.5 cm³/mol. The molecule has 0 heterocycles. The molecule has 0 aliphatic heterocycles. The van der Waals surface area contributed by atoms with E-state index in [4.69, 9.17) is 0 Å². The molecule has 0 bridgehead atoms. The van der Waals surface area contributed by atoms with Crippen LogP contribution < -0.4 is 24.8 Å². The zero-order chi connectivity index (χ0) is 11.1. The average Bonchev–Trinajstić information content (AvgIpc) is 2.72. The second-order valence-corrected chi connectivity index (χ2v) is 9.62. The van der Waals surface area contributed by atoms with E-state index in [0.717, 1.165) is 3.63 Å². The van der Waals surface area contributed by atoms with Gasteiger partial charge in [-0.25, -0.2) is 0 Å². The van der Waals surface area contributed by atoms with Crippen molar-refractivity contribution in [2.24, 2.45) is 0 Å². The minimum atomic E-state index is -0.456. The molecular formula is C14H18Cl2Zr. The van der Waals surface area contributed by atoms with Crippen LogP contribution in [0.1, 0.15) is 27.7 Å². The third-order valence-corrected chi connectivity index (χ3v) is 8.17. The Labute approximate surface area is 129 Å². The minimum absolute atomic E-state index is 0. The van der Waals surface area contributed by atoms with E-state index in [-0.39, 0.29) is 24.8 Å². The van der Waals surface area contributed by atoms with E-state index >= 15 is 0 Å². The van der Waals surface area contributed by atoms with E-state index in [1.54, 1.807) is 5.57 Å². The Kier molecular flexibility index (Phi) is 6.71. The Hall–Kier alpha value is 0.423. The molecule has 3 heteroatoms. The predicted octanol–water partition coefficient (Wildman–Crippen LogP) is -1.53. The van der Waals surface area contributed by atoms with Crippen LogP contribution >= 0.6 is 0 Å². The van der Waals surface area contributed by atoms with Crippen LogP contribution in [0.3, 0.4) is 0 Å². The standard InChI is InChI=1S/C9H13.C5H5.2ClH.Zr/c1-6-5-7(2)9(4)8(6)3;1-2-4-5-3-1;;;/h5H,1-4H3;1-5H;2*1H;/q;;;;+2/p-2. The maximum Gasteiger partial charge on any atom is -1.00 e. The van der Waals surface area contributed by atoms with Crippen LogP contribution in [0.15, 0.2) is 47.1 Å². The van der Waals surface area contributed by atoms with Gasteiger partial charge in [-0.15, -0.1) is 0 Å². The summed E-state index contributed by atoms with van der Waals surface area (Å²) in [4.78, 5) is 0. The Balaban J connectivity index is 0.00000128. The van der Waals surface area contributed by atoms with Crippen LogP contribution in [-0.4, -0.2) is 0 Å². The molecular weight excluding hydrogens is 330 g/mol. The Bertz CT molecular complexity index is 392. The summed E-state index contributed by atoms with van der Waals surface area (Å²) < 4.78 is 1.24. The molecule has 0 fully saturated rings. The number of hydrogen-bond acceptors (Lipinski definition) is 0. The Morgan fingerprint density at radius 1 is 1.06 bits per heavy atom. The van der Waals surface area contributed by atoms with Crippen LogP contribution in [0.25, 0.3) is 0 Å². The molecule has 0 spiro atoms. The summed E-state index contributed by atoms with van der Waals surface area (Å²) in [7, 11) is 0. The monoisotopic (exact) mass is 346 g/mol. The second-order valence-electron chi connectivity index (χ2n) is 4.72. The summed E-state index contributed by atoms with van der Waals surface area (Å²) in [5.41, 5.74) is 4.66. The van der Waals surface area contributed by atoms with Gasteiger partial charge in [0.2, 0.25) is 0 Å². The van der Waals surface area contributed by atoms with Gasteiger partial charge in [-0.3, -0.25) is 0 Å². The van der Waals surface area contributed by atoms with Gasteiger partial charge in [0.1, 0.15) is 0 Å². The molecule has 1 unspecified atom stereocenters. The number of halogens is 2. The fourth-order valence-corrected chi connectivity index (χ4v) is 6.81. The summed E-state index contributed by atoms with van der Waals surface area (Å²) in [5.74, 6) is 0. The van der Waals surface area contributed by atoms with E-state index in [9.17, 15) is 0 Å². The van der Waals surface area contributed by atoms with Crippen LogP contribution in [-0.2, 0) is 23.2 Å². The van der Waals surface area contributed by atoms with Crippen molar-refractivity contribution < 1.29 is 48.0 Å². The van der Waals surface area contributed by atoms with E-state index in [2.05, 4.69) is 58.1 Å². The summed E-state index contributed by atoms with van der Waals surface area (Å²) in [6, 6.07) is 0. The van der Waals surface area contributed by atoms with E-state index in [1.807, 2.05) is 0 Å². The van der Waals surface area contributed by atoms with Gasteiger partial charge in [-0.05, 0) is 0 Å². The topological polar surface area (TPSA) is 0 Å². The molecule has 0 saturated heterocycles. The number of rotatable bonds is 2. The fraction of sp³-hybridized carbons (Fsp3) is 0.429. The summed E-state index contributed by atoms with van der Waals surface area (Å²) in [6.07, 6.45) is 11.7. The van der Waals surface area contributed by atoms with Gasteiger partial charge in [-0.2, -0.15) is 0 Å². The third kappa shape index (κ3) is 3.46. The van der Waals surface area contributed by atoms with Gasteiger partial charge in [0.25, 0.3) is 0 Å². The smallest absolute Gasteiger partial charge is 1.00 e. The van der Waals surface area contributed by atoms with E-state index in [1.165, 1.54) is 11.1 Å². The molecule has 0 aromatic heterocycles. The molecule has 0 amide bonds. The summed E-state index contributed by atoms with van der Waals surface area (Å²) in [6.45, 7) is 9.29. The van der Waals surface area contributed by atoms with Crippen molar-refractivity contribution in [3.8, 4) is 0 Å². The molecule has 92 valence electrons. The summed E-state index contributed by atoms with van der Waals surface area (Å²) in [5, 5.41) is 0. The SMILES string of the molecule is CC1=C[C](C)([Zr+2][CH]2C=CC=C2)C(C)=C1C.[Cl-].[Cl-]. The van der Waals surface area contributed by atoms with Crippen LogP contribution in [0.4, 0.5) is 0 Å². The van der Waals surface area contributed by atoms with Crippen molar-refractivity contribution in [1.82, 2.24) is 0 Å². The zero-order valence-electron chi connectivity index (χ0n) is 10.7. The van der Waals surface area contributed by atoms with Crippen molar-refractivity contribution >= 4 is 0 Å². The molecule has 0 radical (unpaired) electrons. The van der Waals surface area contributed by atoms with E-state index < -0.39 is 23.2 Å². The summed E-state index contributed by atoms with van der Waals surface area (Å²) >= 11 is -0.456. The maximum absolute atomic E-state index is 2.52. The minimum Gasteiger partial charge on any atom is -1.00 e. The first-order valence-electron chi connectivity index (χ1n) is 5.53. The van der Waals surface area contributed by atoms with Crippen molar-refractivity contribution in [3.63, 3.8) is 0 Å². The van der Waals surface area contributed by atoms with Crippen LogP contribution in [0.5, 0.6) is 0 Å². The molecule has 0 nitrogen and oxygen atoms in total. The second kappa shape index (κ2) is 6.55. The van der Waals surface area contributed by atoms with Gasteiger partial charge in [0.15, 0.2) is 0 Å². The Morgan fingerprint density at radius 2 is 1.59 bits per heavy atom. The van der Waals surface area contributed by atoms with Crippen molar-refractivity contribution in [2.45, 2.75) is 34.4 Å². The molecule has 2 rings (SSSR count). The molecule has 1 atom stereocenters. The molecule has 2 aliphatic carbocycles. The Morgan fingerprint density at radius 3 is 2.00 bits per heavy atom. The van der Waals surface area contributed by atoms with Crippen LogP contribution in [0.2, 0.25) is 6.75 Å². The quantitative estimate of drug-likeness (QED) is 0.568. The molecule has 0 N–H and O–H groups in total. The van der Waals surface area contributed by atoms with E-state index in [0.29, 0.717) is 3.12 Å². The van der Waals surface area contributed by atoms with Crippen molar-refractivity contribution in [1.29, 1.82) is 0 Å². The largest absolute Gasteiger partial charge is 1.00 e. The molecule has 0 saturated carbocycles. The van der Waals surface area contributed by atoms with Gasteiger partial charge in [-0.1, -0.05) is 0 Å². The fourth-order valence-electron chi connectivity index (χ4n) is 2.36. The van der Waals surface area contributed by atoms with Crippen molar-refractivity contribution in [3.05, 3.63) is 47.1 Å². The number of allylic oxidation sites excluding steroid dienone is 8.